The third kappa shape index (κ3) is 2.45. The number of fused-ring (bicyclic) bond motifs is 1. The second kappa shape index (κ2) is 6.22. The van der Waals surface area contributed by atoms with E-state index in [1.807, 2.05) is 6.92 Å². The van der Waals surface area contributed by atoms with Crippen LogP contribution in [0.5, 0.6) is 0 Å². The van der Waals surface area contributed by atoms with Crippen LogP contribution >= 0.6 is 0 Å². The van der Waals surface area contributed by atoms with Crippen LogP contribution in [0, 0.1) is 17.7 Å². The van der Waals surface area contributed by atoms with Gasteiger partial charge in [0.15, 0.2) is 0 Å². The van der Waals surface area contributed by atoms with Crippen molar-refractivity contribution in [1.29, 1.82) is 0 Å². The third-order valence-corrected chi connectivity index (χ3v) is 5.49. The first-order valence-electron chi connectivity index (χ1n) is 8.47. The van der Waals surface area contributed by atoms with Crippen LogP contribution in [-0.4, -0.2) is 41.9 Å². The summed E-state index contributed by atoms with van der Waals surface area (Å²) in [6, 6.07) is 5.40. The molecule has 2 fully saturated rings. The highest BCUT2D eigenvalue weighted by atomic mass is 19.1. The number of nitrogens with zero attached hydrogens (tertiary/aromatic N) is 1. The molecule has 0 aromatic heterocycles. The van der Waals surface area contributed by atoms with Crippen molar-refractivity contribution >= 4 is 17.8 Å². The summed E-state index contributed by atoms with van der Waals surface area (Å²) in [5.41, 5.74) is -0.426. The maximum atomic E-state index is 13.3. The maximum absolute atomic E-state index is 13.3. The van der Waals surface area contributed by atoms with Crippen molar-refractivity contribution in [2.75, 3.05) is 13.7 Å². The van der Waals surface area contributed by atoms with Gasteiger partial charge in [-0.1, -0.05) is 19.1 Å². The molecule has 134 valence electrons. The van der Waals surface area contributed by atoms with Gasteiger partial charge in [-0.2, -0.15) is 0 Å². The monoisotopic (exact) mass is 349 g/mol. The molecule has 2 saturated heterocycles. The van der Waals surface area contributed by atoms with E-state index in [0.29, 0.717) is 12.0 Å². The number of carbonyl (C=O) groups excluding carboxylic acids is 3. The summed E-state index contributed by atoms with van der Waals surface area (Å²) in [6.45, 7) is 3.72. The molecule has 0 spiro atoms. The van der Waals surface area contributed by atoms with Crippen molar-refractivity contribution in [2.45, 2.75) is 31.8 Å². The number of nitrogens with two attached hydrogens (primary N) is 1. The lowest BCUT2D eigenvalue weighted by atomic mass is 9.78. The number of amides is 2. The van der Waals surface area contributed by atoms with Gasteiger partial charge >= 0.3 is 5.97 Å². The van der Waals surface area contributed by atoms with E-state index in [4.69, 9.17) is 4.74 Å². The number of hydrogen-bond donors (Lipinski definition) is 1. The number of imide groups is 1. The standard InChI is InChI=1S/C18H21FN2O4/c1-4-18(17(24)25-5-2)13-12(15(22)21(3)16(13)23)14(20-18)10-6-8-11(19)9-7-10/h6-9,12-14,20H,4-5H2,1-3H3/p+1/t12-,13+,14-,18+/m0/s1. The van der Waals surface area contributed by atoms with Gasteiger partial charge in [-0.25, -0.2) is 9.18 Å². The molecule has 4 atom stereocenters. The van der Waals surface area contributed by atoms with Crippen LogP contribution in [0.25, 0.3) is 0 Å². The van der Waals surface area contributed by atoms with Gasteiger partial charge in [0.1, 0.15) is 23.7 Å². The summed E-state index contributed by atoms with van der Waals surface area (Å²) in [6.07, 6.45) is 0.359. The first-order chi connectivity index (χ1) is 11.9. The molecule has 3 rings (SSSR count). The summed E-state index contributed by atoms with van der Waals surface area (Å²) in [5, 5.41) is 1.77. The summed E-state index contributed by atoms with van der Waals surface area (Å²) >= 11 is 0. The van der Waals surface area contributed by atoms with E-state index in [9.17, 15) is 18.8 Å². The summed E-state index contributed by atoms with van der Waals surface area (Å²) in [5.74, 6) is -2.95. The number of benzene rings is 1. The Balaban J connectivity index is 2.10. The van der Waals surface area contributed by atoms with Crippen molar-refractivity contribution < 1.29 is 28.8 Å². The molecule has 2 heterocycles. The molecule has 2 aliphatic heterocycles. The van der Waals surface area contributed by atoms with Gasteiger partial charge in [-0.3, -0.25) is 14.5 Å². The number of quaternary nitrogens is 1. The lowest BCUT2D eigenvalue weighted by molar-refractivity contribution is -0.734. The number of hydrogen-bond acceptors (Lipinski definition) is 4. The minimum atomic E-state index is -1.14. The first kappa shape index (κ1) is 17.5. The smallest absolute Gasteiger partial charge is 0.368 e. The number of esters is 1. The molecule has 6 nitrogen and oxygen atoms in total. The molecule has 1 aromatic carbocycles. The van der Waals surface area contributed by atoms with Gasteiger partial charge in [-0.15, -0.1) is 0 Å². The molecule has 0 radical (unpaired) electrons. The molecule has 0 unspecified atom stereocenters. The van der Waals surface area contributed by atoms with Crippen molar-refractivity contribution in [1.82, 2.24) is 4.90 Å². The van der Waals surface area contributed by atoms with E-state index in [-0.39, 0.29) is 24.2 Å². The average Bonchev–Trinajstić information content (AvgIpc) is 3.06. The van der Waals surface area contributed by atoms with E-state index < -0.39 is 29.4 Å². The van der Waals surface area contributed by atoms with Gasteiger partial charge in [0, 0.05) is 19.0 Å². The van der Waals surface area contributed by atoms with Gasteiger partial charge < -0.3 is 10.1 Å². The van der Waals surface area contributed by atoms with Crippen LogP contribution in [0.3, 0.4) is 0 Å². The molecule has 0 aliphatic carbocycles. The Morgan fingerprint density at radius 3 is 2.44 bits per heavy atom. The number of likely N-dealkylation sites (tertiary alicyclic amines) is 1. The topological polar surface area (TPSA) is 80.3 Å². The van der Waals surface area contributed by atoms with E-state index in [1.54, 1.807) is 24.4 Å². The quantitative estimate of drug-likeness (QED) is 0.630. The lowest BCUT2D eigenvalue weighted by Crippen LogP contribution is -2.98. The fourth-order valence-electron chi connectivity index (χ4n) is 4.20. The average molecular weight is 349 g/mol. The van der Waals surface area contributed by atoms with Crippen molar-refractivity contribution in [3.8, 4) is 0 Å². The molecule has 0 bridgehead atoms. The van der Waals surface area contributed by atoms with Crippen LogP contribution in [0.1, 0.15) is 31.9 Å². The van der Waals surface area contributed by atoms with Gasteiger partial charge in [0.25, 0.3) is 0 Å². The molecule has 1 aromatic rings. The van der Waals surface area contributed by atoms with Gasteiger partial charge in [0.05, 0.1) is 6.61 Å². The Hall–Kier alpha value is -2.28. The van der Waals surface area contributed by atoms with Crippen molar-refractivity contribution in [3.63, 3.8) is 0 Å². The highest BCUT2D eigenvalue weighted by Crippen LogP contribution is 2.45. The van der Waals surface area contributed by atoms with Crippen LogP contribution < -0.4 is 5.32 Å². The molecule has 2 amide bonds. The van der Waals surface area contributed by atoms with Gasteiger partial charge in [-0.05, 0) is 19.1 Å². The minimum Gasteiger partial charge on any atom is -0.461 e. The highest BCUT2D eigenvalue weighted by molar-refractivity contribution is 6.08. The van der Waals surface area contributed by atoms with E-state index in [1.165, 1.54) is 19.2 Å². The fourth-order valence-corrected chi connectivity index (χ4v) is 4.20. The van der Waals surface area contributed by atoms with E-state index >= 15 is 0 Å². The predicted molar refractivity (Wildman–Crippen MR) is 85.5 cm³/mol. The Bertz CT molecular complexity index is 720. The SMILES string of the molecule is CCOC(=O)[C@]1(CC)[NH2+][C@@H](c2ccc(F)cc2)[C@H]2C(=O)N(C)C(=O)[C@@H]21. The maximum Gasteiger partial charge on any atom is 0.368 e. The van der Waals surface area contributed by atoms with E-state index in [0.717, 1.165) is 4.90 Å². The molecule has 2 N–H and O–H groups in total. The molecular weight excluding hydrogens is 327 g/mol. The predicted octanol–water partition coefficient (Wildman–Crippen LogP) is 0.387. The Labute approximate surface area is 145 Å². The minimum absolute atomic E-state index is 0.199. The van der Waals surface area contributed by atoms with Gasteiger partial charge in [0.2, 0.25) is 17.4 Å². The number of ether oxygens (including phenoxy) is 1. The van der Waals surface area contributed by atoms with Crippen LogP contribution in [0.4, 0.5) is 4.39 Å². The number of carbonyl (C=O) groups is 3. The molecule has 25 heavy (non-hydrogen) atoms. The first-order valence-corrected chi connectivity index (χ1v) is 8.47. The summed E-state index contributed by atoms with van der Waals surface area (Å²) in [4.78, 5) is 39.3. The second-order valence-corrected chi connectivity index (χ2v) is 6.60. The highest BCUT2D eigenvalue weighted by Gasteiger charge is 2.71. The zero-order chi connectivity index (χ0) is 18.4. The fraction of sp³-hybridized carbons (Fsp3) is 0.500. The number of halogens is 1. The third-order valence-electron chi connectivity index (χ3n) is 5.49. The Kier molecular flexibility index (Phi) is 4.36. The summed E-state index contributed by atoms with van der Waals surface area (Å²) in [7, 11) is 1.44. The van der Waals surface area contributed by atoms with Crippen LogP contribution in [0.2, 0.25) is 0 Å². The summed E-state index contributed by atoms with van der Waals surface area (Å²) < 4.78 is 18.5. The largest absolute Gasteiger partial charge is 0.461 e. The molecular formula is C18H22FN2O4+. The normalized spacial score (nSPS) is 31.4. The number of rotatable bonds is 4. The van der Waals surface area contributed by atoms with Crippen molar-refractivity contribution in [2.24, 2.45) is 11.8 Å². The Morgan fingerprint density at radius 2 is 1.88 bits per heavy atom. The molecule has 7 heteroatoms. The zero-order valence-corrected chi connectivity index (χ0v) is 14.5. The van der Waals surface area contributed by atoms with Crippen LogP contribution in [0.15, 0.2) is 24.3 Å². The van der Waals surface area contributed by atoms with Crippen LogP contribution in [-0.2, 0) is 19.1 Å². The van der Waals surface area contributed by atoms with Crippen molar-refractivity contribution in [3.05, 3.63) is 35.6 Å². The van der Waals surface area contributed by atoms with E-state index in [2.05, 4.69) is 0 Å². The Morgan fingerprint density at radius 1 is 1.24 bits per heavy atom. The zero-order valence-electron chi connectivity index (χ0n) is 14.5. The second-order valence-electron chi connectivity index (χ2n) is 6.60. The lowest BCUT2D eigenvalue weighted by Gasteiger charge is -2.27. The molecule has 2 aliphatic rings. The molecule has 0 saturated carbocycles.